The van der Waals surface area contributed by atoms with Crippen molar-refractivity contribution in [2.45, 2.75) is 13.3 Å². The molecule has 0 amide bonds. The topological polar surface area (TPSA) is 109 Å². The van der Waals surface area contributed by atoms with Crippen LogP contribution >= 0.6 is 0 Å². The molecule has 4 aromatic rings. The van der Waals surface area contributed by atoms with E-state index in [4.69, 9.17) is 5.11 Å². The Hall–Kier alpha value is -3.91. The van der Waals surface area contributed by atoms with Crippen LogP contribution in [-0.4, -0.2) is 43.2 Å². The van der Waals surface area contributed by atoms with Gasteiger partial charge in [-0.1, -0.05) is 18.2 Å². The van der Waals surface area contributed by atoms with Gasteiger partial charge in [0.1, 0.15) is 23.2 Å². The van der Waals surface area contributed by atoms with Gasteiger partial charge >= 0.3 is 0 Å². The van der Waals surface area contributed by atoms with Crippen molar-refractivity contribution in [3.05, 3.63) is 84.1 Å². The van der Waals surface area contributed by atoms with Crippen molar-refractivity contribution in [1.82, 2.24) is 24.9 Å². The highest BCUT2D eigenvalue weighted by Crippen LogP contribution is 2.18. The lowest BCUT2D eigenvalue weighted by Crippen LogP contribution is -2.05. The van der Waals surface area contributed by atoms with Crippen LogP contribution in [0.25, 0.3) is 11.5 Å². The van der Waals surface area contributed by atoms with Crippen LogP contribution in [0.1, 0.15) is 17.1 Å². The summed E-state index contributed by atoms with van der Waals surface area (Å²) in [4.78, 5) is 22.3. The molecule has 3 heterocycles. The second-order valence-electron chi connectivity index (χ2n) is 6.94. The molecule has 0 radical (unpaired) electrons. The number of anilines is 3. The lowest BCUT2D eigenvalue weighted by atomic mass is 10.1. The van der Waals surface area contributed by atoms with Gasteiger partial charge in [0.05, 0.1) is 6.61 Å². The Morgan fingerprint density at radius 3 is 2.39 bits per heavy atom. The molecule has 3 aromatic heterocycles. The van der Waals surface area contributed by atoms with Gasteiger partial charge in [-0.2, -0.15) is 0 Å². The fourth-order valence-corrected chi connectivity index (χ4v) is 3.03. The normalized spacial score (nSPS) is 10.6. The Labute approximate surface area is 180 Å². The Kier molecular flexibility index (Phi) is 6.39. The highest BCUT2D eigenvalue weighted by molar-refractivity contribution is 5.56. The Bertz CT molecular complexity index is 1150. The van der Waals surface area contributed by atoms with Crippen molar-refractivity contribution in [3.63, 3.8) is 0 Å². The number of aryl methyl sites for hydroxylation is 1. The summed E-state index contributed by atoms with van der Waals surface area (Å²) in [6, 6.07) is 17.4. The number of aliphatic hydroxyl groups is 1. The molecule has 31 heavy (non-hydrogen) atoms. The van der Waals surface area contributed by atoms with E-state index in [1.807, 2.05) is 49.4 Å². The zero-order valence-electron chi connectivity index (χ0n) is 17.2. The molecule has 0 aliphatic heterocycles. The van der Waals surface area contributed by atoms with Gasteiger partial charge in [-0.05, 0) is 48.9 Å². The SMILES string of the molecule is Cc1cccc(-c2nccc(Nc3ccnc(Cc4ccc(NCCO)cc4)n3)n2)n1. The summed E-state index contributed by atoms with van der Waals surface area (Å²) in [6.07, 6.45) is 4.03. The molecule has 0 aliphatic rings. The molecule has 0 spiro atoms. The Morgan fingerprint density at radius 1 is 0.839 bits per heavy atom. The monoisotopic (exact) mass is 413 g/mol. The molecule has 0 aliphatic carbocycles. The average Bonchev–Trinajstić information content (AvgIpc) is 2.79. The molecule has 0 saturated heterocycles. The smallest absolute Gasteiger partial charge is 0.180 e. The van der Waals surface area contributed by atoms with E-state index in [1.165, 1.54) is 0 Å². The van der Waals surface area contributed by atoms with Gasteiger partial charge in [0.25, 0.3) is 0 Å². The fourth-order valence-electron chi connectivity index (χ4n) is 3.03. The number of nitrogens with one attached hydrogen (secondary N) is 2. The minimum absolute atomic E-state index is 0.102. The van der Waals surface area contributed by atoms with E-state index in [-0.39, 0.29) is 6.61 Å². The first-order valence-electron chi connectivity index (χ1n) is 9.99. The zero-order valence-corrected chi connectivity index (χ0v) is 17.2. The molecule has 0 unspecified atom stereocenters. The van der Waals surface area contributed by atoms with E-state index in [0.29, 0.717) is 36.3 Å². The number of rotatable bonds is 8. The van der Waals surface area contributed by atoms with Crippen LogP contribution in [-0.2, 0) is 6.42 Å². The number of aliphatic hydroxyl groups excluding tert-OH is 1. The maximum absolute atomic E-state index is 8.90. The second kappa shape index (κ2) is 9.73. The first-order valence-corrected chi connectivity index (χ1v) is 9.99. The molecule has 0 bridgehead atoms. The van der Waals surface area contributed by atoms with E-state index >= 15 is 0 Å². The van der Waals surface area contributed by atoms with Crippen LogP contribution in [0.3, 0.4) is 0 Å². The van der Waals surface area contributed by atoms with E-state index < -0.39 is 0 Å². The van der Waals surface area contributed by atoms with Crippen molar-refractivity contribution in [1.29, 1.82) is 0 Å². The van der Waals surface area contributed by atoms with Gasteiger partial charge in [-0.3, -0.25) is 0 Å². The Morgan fingerprint density at radius 2 is 1.61 bits per heavy atom. The highest BCUT2D eigenvalue weighted by Gasteiger charge is 2.07. The summed E-state index contributed by atoms with van der Waals surface area (Å²) >= 11 is 0. The van der Waals surface area contributed by atoms with E-state index in [1.54, 1.807) is 24.5 Å². The zero-order chi connectivity index (χ0) is 21.5. The predicted molar refractivity (Wildman–Crippen MR) is 120 cm³/mol. The lowest BCUT2D eigenvalue weighted by molar-refractivity contribution is 0.311. The largest absolute Gasteiger partial charge is 0.395 e. The van der Waals surface area contributed by atoms with Gasteiger partial charge < -0.3 is 15.7 Å². The number of aromatic nitrogens is 5. The average molecular weight is 413 g/mol. The summed E-state index contributed by atoms with van der Waals surface area (Å²) < 4.78 is 0. The van der Waals surface area contributed by atoms with Gasteiger partial charge in [0, 0.05) is 36.7 Å². The van der Waals surface area contributed by atoms with E-state index in [0.717, 1.165) is 22.6 Å². The summed E-state index contributed by atoms with van der Waals surface area (Å²) in [5.41, 5.74) is 3.71. The highest BCUT2D eigenvalue weighted by atomic mass is 16.3. The molecule has 0 saturated carbocycles. The van der Waals surface area contributed by atoms with Crippen LogP contribution in [0.4, 0.5) is 17.3 Å². The quantitative estimate of drug-likeness (QED) is 0.403. The van der Waals surface area contributed by atoms with Crippen molar-refractivity contribution < 1.29 is 5.11 Å². The standard InChI is InChI=1S/C23H23N7O/c1-16-3-2-4-19(27-16)23-26-12-10-21(30-23)28-20-9-11-25-22(29-20)15-17-5-7-18(8-6-17)24-13-14-31/h2-12,24,31H,13-15H2,1H3,(H,25,26,28,29,30). The molecule has 3 N–H and O–H groups in total. The molecular formula is C23H23N7O. The minimum Gasteiger partial charge on any atom is -0.395 e. The molecule has 8 heteroatoms. The minimum atomic E-state index is 0.102. The second-order valence-corrected chi connectivity index (χ2v) is 6.94. The lowest BCUT2D eigenvalue weighted by Gasteiger charge is -2.08. The molecule has 8 nitrogen and oxygen atoms in total. The fraction of sp³-hybridized carbons (Fsp3) is 0.174. The summed E-state index contributed by atoms with van der Waals surface area (Å²) in [7, 11) is 0. The Balaban J connectivity index is 1.46. The number of hydrogen-bond acceptors (Lipinski definition) is 8. The molecule has 1 aromatic carbocycles. The number of pyridine rings is 1. The predicted octanol–water partition coefficient (Wildman–Crippen LogP) is 3.38. The molecule has 4 rings (SSSR count). The molecule has 0 fully saturated rings. The van der Waals surface area contributed by atoms with Gasteiger partial charge in [0.2, 0.25) is 0 Å². The summed E-state index contributed by atoms with van der Waals surface area (Å²) in [5, 5.41) is 15.3. The summed E-state index contributed by atoms with van der Waals surface area (Å²) in [5.74, 6) is 2.55. The number of benzene rings is 1. The first kappa shape index (κ1) is 20.4. The van der Waals surface area contributed by atoms with Crippen molar-refractivity contribution in [3.8, 4) is 11.5 Å². The van der Waals surface area contributed by atoms with Crippen molar-refractivity contribution in [2.24, 2.45) is 0 Å². The van der Waals surface area contributed by atoms with E-state index in [9.17, 15) is 0 Å². The van der Waals surface area contributed by atoms with Crippen LogP contribution in [0.2, 0.25) is 0 Å². The third-order valence-corrected chi connectivity index (χ3v) is 4.49. The van der Waals surface area contributed by atoms with Crippen LogP contribution in [0.15, 0.2) is 67.0 Å². The van der Waals surface area contributed by atoms with Gasteiger partial charge in [0.15, 0.2) is 5.82 Å². The van der Waals surface area contributed by atoms with Gasteiger partial charge in [-0.25, -0.2) is 24.9 Å². The van der Waals surface area contributed by atoms with Crippen LogP contribution < -0.4 is 10.6 Å². The molecular weight excluding hydrogens is 390 g/mol. The first-order chi connectivity index (χ1) is 15.2. The maximum Gasteiger partial charge on any atom is 0.180 e. The molecule has 0 atom stereocenters. The number of hydrogen-bond donors (Lipinski definition) is 3. The van der Waals surface area contributed by atoms with Gasteiger partial charge in [-0.15, -0.1) is 0 Å². The third-order valence-electron chi connectivity index (χ3n) is 4.49. The van der Waals surface area contributed by atoms with Crippen LogP contribution in [0, 0.1) is 6.92 Å². The third kappa shape index (κ3) is 5.58. The van der Waals surface area contributed by atoms with Crippen molar-refractivity contribution in [2.75, 3.05) is 23.8 Å². The van der Waals surface area contributed by atoms with Crippen LogP contribution in [0.5, 0.6) is 0 Å². The number of nitrogens with zero attached hydrogens (tertiary/aromatic N) is 5. The van der Waals surface area contributed by atoms with E-state index in [2.05, 4.69) is 35.6 Å². The summed E-state index contributed by atoms with van der Waals surface area (Å²) in [6.45, 7) is 2.57. The maximum atomic E-state index is 8.90. The van der Waals surface area contributed by atoms with Crippen molar-refractivity contribution >= 4 is 17.3 Å². The molecule has 156 valence electrons.